The average molecular weight is 260 g/mol. The second kappa shape index (κ2) is 6.83. The summed E-state index contributed by atoms with van der Waals surface area (Å²) in [6, 6.07) is 10.2. The van der Waals surface area contributed by atoms with E-state index in [4.69, 9.17) is 0 Å². The molecule has 3 heteroatoms. The van der Waals surface area contributed by atoms with E-state index in [1.807, 2.05) is 30.3 Å². The predicted molar refractivity (Wildman–Crippen MR) is 78.5 cm³/mol. The molecule has 0 bridgehead atoms. The summed E-state index contributed by atoms with van der Waals surface area (Å²) in [5, 5.41) is 0. The molecule has 0 saturated carbocycles. The number of rotatable bonds is 4. The Morgan fingerprint density at radius 3 is 2.74 bits per heavy atom. The molecule has 1 atom stereocenters. The van der Waals surface area contributed by atoms with Gasteiger partial charge in [-0.3, -0.25) is 9.69 Å². The van der Waals surface area contributed by atoms with Gasteiger partial charge in [-0.05, 0) is 33.5 Å². The van der Waals surface area contributed by atoms with Gasteiger partial charge in [-0.25, -0.2) is 0 Å². The van der Waals surface area contributed by atoms with Crippen molar-refractivity contribution in [3.05, 3.63) is 35.9 Å². The Bertz CT molecular complexity index is 404. The molecule has 0 amide bonds. The zero-order valence-corrected chi connectivity index (χ0v) is 12.0. The van der Waals surface area contributed by atoms with Crippen molar-refractivity contribution in [1.29, 1.82) is 0 Å². The smallest absolute Gasteiger partial charge is 0.164 e. The van der Waals surface area contributed by atoms with E-state index >= 15 is 0 Å². The zero-order chi connectivity index (χ0) is 13.7. The van der Waals surface area contributed by atoms with Crippen LogP contribution >= 0.6 is 0 Å². The van der Waals surface area contributed by atoms with E-state index in [-0.39, 0.29) is 5.78 Å². The summed E-state index contributed by atoms with van der Waals surface area (Å²) >= 11 is 0. The molecular formula is C16H24N2O. The molecule has 1 heterocycles. The van der Waals surface area contributed by atoms with Gasteiger partial charge in [0.25, 0.3) is 0 Å². The Balaban J connectivity index is 1.86. The lowest BCUT2D eigenvalue weighted by molar-refractivity contribution is 0.0953. The molecule has 1 aromatic carbocycles. The van der Waals surface area contributed by atoms with Crippen molar-refractivity contribution in [3.63, 3.8) is 0 Å². The molecule has 2 rings (SSSR count). The van der Waals surface area contributed by atoms with Gasteiger partial charge in [-0.2, -0.15) is 0 Å². The number of Topliss-reactive ketones (excluding diaryl/α,β-unsaturated/α-hetero) is 1. The fourth-order valence-electron chi connectivity index (χ4n) is 2.77. The number of likely N-dealkylation sites (N-methyl/N-ethyl adjacent to an activating group) is 1. The first-order valence-corrected chi connectivity index (χ1v) is 7.17. The average Bonchev–Trinajstić information content (AvgIpc) is 2.58. The van der Waals surface area contributed by atoms with Crippen molar-refractivity contribution >= 4 is 5.78 Å². The number of benzene rings is 1. The maximum Gasteiger partial charge on any atom is 0.164 e. The van der Waals surface area contributed by atoms with Crippen molar-refractivity contribution in [2.75, 3.05) is 33.2 Å². The van der Waals surface area contributed by atoms with Crippen LogP contribution in [0.1, 0.15) is 30.1 Å². The van der Waals surface area contributed by atoms with Crippen molar-refractivity contribution in [2.24, 2.45) is 0 Å². The van der Waals surface area contributed by atoms with Crippen molar-refractivity contribution in [2.45, 2.75) is 25.8 Å². The van der Waals surface area contributed by atoms with Crippen molar-refractivity contribution in [3.8, 4) is 0 Å². The van der Waals surface area contributed by atoms with Crippen molar-refractivity contribution in [1.82, 2.24) is 9.80 Å². The summed E-state index contributed by atoms with van der Waals surface area (Å²) in [4.78, 5) is 16.9. The third-order valence-corrected chi connectivity index (χ3v) is 3.91. The van der Waals surface area contributed by atoms with Crippen LogP contribution in [-0.4, -0.2) is 54.9 Å². The van der Waals surface area contributed by atoms with Gasteiger partial charge in [0.1, 0.15) is 0 Å². The molecule has 1 aliphatic heterocycles. The van der Waals surface area contributed by atoms with E-state index in [1.165, 1.54) is 6.42 Å². The van der Waals surface area contributed by atoms with Gasteiger partial charge < -0.3 is 4.90 Å². The fourth-order valence-corrected chi connectivity index (χ4v) is 2.77. The highest BCUT2D eigenvalue weighted by molar-refractivity contribution is 5.96. The number of carbonyl (C=O) groups is 1. The highest BCUT2D eigenvalue weighted by atomic mass is 16.1. The van der Waals surface area contributed by atoms with Crippen LogP contribution in [0.2, 0.25) is 0 Å². The van der Waals surface area contributed by atoms with Crippen molar-refractivity contribution < 1.29 is 4.79 Å². The number of hydrogen-bond donors (Lipinski definition) is 0. The van der Waals surface area contributed by atoms with E-state index in [0.717, 1.165) is 31.7 Å². The Hall–Kier alpha value is -1.19. The summed E-state index contributed by atoms with van der Waals surface area (Å²) in [5.74, 6) is 0.255. The Labute approximate surface area is 116 Å². The SMILES string of the molecule is CC1CN(C)CCCN1CCC(=O)c1ccccc1. The van der Waals surface area contributed by atoms with Crippen LogP contribution in [0.3, 0.4) is 0 Å². The molecule has 1 fully saturated rings. The predicted octanol–water partition coefficient (Wildman–Crippen LogP) is 2.29. The molecule has 0 radical (unpaired) electrons. The standard InChI is InChI=1S/C16H24N2O/c1-14-13-17(2)10-6-11-18(14)12-9-16(19)15-7-4-3-5-8-15/h3-5,7-8,14H,6,9-13H2,1-2H3. The van der Waals surface area contributed by atoms with E-state index in [1.54, 1.807) is 0 Å². The maximum absolute atomic E-state index is 12.1. The molecule has 0 aliphatic carbocycles. The minimum absolute atomic E-state index is 0.255. The van der Waals surface area contributed by atoms with Crippen LogP contribution in [0, 0.1) is 0 Å². The summed E-state index contributed by atoms with van der Waals surface area (Å²) in [6.45, 7) is 6.50. The second-order valence-electron chi connectivity index (χ2n) is 5.54. The minimum atomic E-state index is 0.255. The summed E-state index contributed by atoms with van der Waals surface area (Å²) < 4.78 is 0. The third-order valence-electron chi connectivity index (χ3n) is 3.91. The van der Waals surface area contributed by atoms with Crippen LogP contribution in [0.4, 0.5) is 0 Å². The molecule has 19 heavy (non-hydrogen) atoms. The first kappa shape index (κ1) is 14.2. The van der Waals surface area contributed by atoms with Gasteiger partial charge in [-0.15, -0.1) is 0 Å². The molecular weight excluding hydrogens is 236 g/mol. The van der Waals surface area contributed by atoms with Gasteiger partial charge in [0.2, 0.25) is 0 Å². The van der Waals surface area contributed by atoms with Crippen LogP contribution in [0.15, 0.2) is 30.3 Å². The first-order chi connectivity index (χ1) is 9.16. The van der Waals surface area contributed by atoms with Gasteiger partial charge in [0, 0.05) is 31.1 Å². The van der Waals surface area contributed by atoms with E-state index in [9.17, 15) is 4.79 Å². The quantitative estimate of drug-likeness (QED) is 0.776. The molecule has 0 N–H and O–H groups in total. The van der Waals surface area contributed by atoms with E-state index < -0.39 is 0 Å². The highest BCUT2D eigenvalue weighted by Gasteiger charge is 2.20. The number of ketones is 1. The molecule has 104 valence electrons. The number of hydrogen-bond acceptors (Lipinski definition) is 3. The van der Waals surface area contributed by atoms with Gasteiger partial charge >= 0.3 is 0 Å². The molecule has 1 unspecified atom stereocenters. The highest BCUT2D eigenvalue weighted by Crippen LogP contribution is 2.11. The normalized spacial score (nSPS) is 22.1. The van der Waals surface area contributed by atoms with Crippen LogP contribution in [0.5, 0.6) is 0 Å². The van der Waals surface area contributed by atoms with Gasteiger partial charge in [0.05, 0.1) is 0 Å². The van der Waals surface area contributed by atoms with Gasteiger partial charge in [-0.1, -0.05) is 30.3 Å². The summed E-state index contributed by atoms with van der Waals surface area (Å²) in [6.07, 6.45) is 1.82. The van der Waals surface area contributed by atoms with Crippen LogP contribution in [-0.2, 0) is 0 Å². The Morgan fingerprint density at radius 1 is 1.26 bits per heavy atom. The van der Waals surface area contributed by atoms with E-state index in [2.05, 4.69) is 23.8 Å². The van der Waals surface area contributed by atoms with Crippen LogP contribution < -0.4 is 0 Å². The largest absolute Gasteiger partial charge is 0.305 e. The maximum atomic E-state index is 12.1. The lowest BCUT2D eigenvalue weighted by Crippen LogP contribution is -2.39. The minimum Gasteiger partial charge on any atom is -0.305 e. The molecule has 3 nitrogen and oxygen atoms in total. The zero-order valence-electron chi connectivity index (χ0n) is 12.0. The molecule has 1 saturated heterocycles. The Morgan fingerprint density at radius 2 is 2.00 bits per heavy atom. The lowest BCUT2D eigenvalue weighted by Gasteiger charge is -2.27. The summed E-state index contributed by atoms with van der Waals surface area (Å²) in [7, 11) is 2.18. The lowest BCUT2D eigenvalue weighted by atomic mass is 10.1. The third kappa shape index (κ3) is 4.15. The molecule has 1 aliphatic rings. The van der Waals surface area contributed by atoms with E-state index in [0.29, 0.717) is 12.5 Å². The topological polar surface area (TPSA) is 23.6 Å². The summed E-state index contributed by atoms with van der Waals surface area (Å²) in [5.41, 5.74) is 0.835. The molecule has 0 spiro atoms. The second-order valence-corrected chi connectivity index (χ2v) is 5.54. The Kier molecular flexibility index (Phi) is 5.11. The number of nitrogens with zero attached hydrogens (tertiary/aromatic N) is 2. The van der Waals surface area contributed by atoms with Crippen LogP contribution in [0.25, 0.3) is 0 Å². The van der Waals surface area contributed by atoms with Gasteiger partial charge in [0.15, 0.2) is 5.78 Å². The first-order valence-electron chi connectivity index (χ1n) is 7.17. The molecule has 0 aromatic heterocycles. The number of carbonyl (C=O) groups excluding carboxylic acids is 1. The monoisotopic (exact) mass is 260 g/mol. The fraction of sp³-hybridized carbons (Fsp3) is 0.562. The molecule has 1 aromatic rings.